The molecule has 9 heteroatoms. The molecule has 3 aliphatic heterocycles. The van der Waals surface area contributed by atoms with Gasteiger partial charge in [0.1, 0.15) is 30.5 Å². The molecule has 250 valence electrons. The van der Waals surface area contributed by atoms with Crippen LogP contribution in [0.5, 0.6) is 0 Å². The van der Waals surface area contributed by atoms with Gasteiger partial charge in [-0.3, -0.25) is 0 Å². The summed E-state index contributed by atoms with van der Waals surface area (Å²) in [7, 11) is 0. The molecule has 0 amide bonds. The van der Waals surface area contributed by atoms with Crippen LogP contribution in [0, 0.1) is 50.7 Å². The van der Waals surface area contributed by atoms with Gasteiger partial charge in [-0.15, -0.1) is 0 Å². The summed E-state index contributed by atoms with van der Waals surface area (Å²) >= 11 is 0. The summed E-state index contributed by atoms with van der Waals surface area (Å²) in [6, 6.07) is 0. The van der Waals surface area contributed by atoms with Crippen molar-refractivity contribution in [2.75, 3.05) is 6.61 Å². The molecule has 0 aromatic heterocycles. The van der Waals surface area contributed by atoms with Crippen LogP contribution in [-0.2, 0) is 18.9 Å². The Labute approximate surface area is 262 Å². The van der Waals surface area contributed by atoms with E-state index >= 15 is 0 Å². The lowest BCUT2D eigenvalue weighted by atomic mass is 9.41. The first-order chi connectivity index (χ1) is 20.4. The number of ether oxygens (including phenoxy) is 4. The molecule has 3 heterocycles. The molecular weight excluding hydrogens is 564 g/mol. The van der Waals surface area contributed by atoms with Gasteiger partial charge in [0.25, 0.3) is 0 Å². The maximum absolute atomic E-state index is 11.8. The summed E-state index contributed by atoms with van der Waals surface area (Å²) < 4.78 is 25.1. The summed E-state index contributed by atoms with van der Waals surface area (Å²) in [6.45, 7) is 15.6. The SMILES string of the molecule is C[C@@H]1C2OC(C)(C)[C@@H](O)[C@@]2(O)O[C@H]2C[C@@]3(C)C4CCC5C(C)(C)[C@@H](O[C@@H]6OC[C@@H](O)[C@H](O)[C@@H]6O)CC[C@@]56C[C@@]46CC[C@]3(C)C12. The Hall–Kier alpha value is -0.360. The van der Waals surface area contributed by atoms with Crippen LogP contribution in [0.25, 0.3) is 0 Å². The molecule has 8 rings (SSSR count). The Bertz CT molecular complexity index is 1210. The normalized spacial score (nSPS) is 63.3. The Morgan fingerprint density at radius 1 is 0.773 bits per heavy atom. The Morgan fingerprint density at radius 3 is 2.18 bits per heavy atom. The van der Waals surface area contributed by atoms with E-state index in [-0.39, 0.29) is 52.3 Å². The van der Waals surface area contributed by atoms with Crippen LogP contribution in [0.4, 0.5) is 0 Å². The molecule has 0 radical (unpaired) electrons. The van der Waals surface area contributed by atoms with E-state index in [9.17, 15) is 25.5 Å². The minimum absolute atomic E-state index is 0.0448. The number of rotatable bonds is 2. The maximum atomic E-state index is 11.8. The van der Waals surface area contributed by atoms with Crippen molar-refractivity contribution in [3.8, 4) is 0 Å². The maximum Gasteiger partial charge on any atom is 0.222 e. The average molecular weight is 621 g/mol. The van der Waals surface area contributed by atoms with Crippen molar-refractivity contribution in [1.82, 2.24) is 0 Å². The predicted molar refractivity (Wildman–Crippen MR) is 159 cm³/mol. The van der Waals surface area contributed by atoms with Gasteiger partial charge in [-0.1, -0.05) is 34.6 Å². The minimum atomic E-state index is -1.67. The van der Waals surface area contributed by atoms with Crippen molar-refractivity contribution >= 4 is 0 Å². The molecule has 44 heavy (non-hydrogen) atoms. The Kier molecular flexibility index (Phi) is 6.33. The first kappa shape index (κ1) is 30.9. The van der Waals surface area contributed by atoms with E-state index in [0.717, 1.165) is 38.5 Å². The monoisotopic (exact) mass is 620 g/mol. The van der Waals surface area contributed by atoms with Gasteiger partial charge in [0.15, 0.2) is 6.29 Å². The van der Waals surface area contributed by atoms with Crippen molar-refractivity contribution < 1.29 is 44.5 Å². The van der Waals surface area contributed by atoms with Crippen LogP contribution < -0.4 is 0 Å². The number of aliphatic hydroxyl groups excluding tert-OH is 4. The third-order valence-electron chi connectivity index (χ3n) is 16.1. The molecule has 8 aliphatic rings. The number of aliphatic hydroxyl groups is 5. The highest BCUT2D eigenvalue weighted by Crippen LogP contribution is 2.89. The molecular formula is C35H56O9. The zero-order valence-electron chi connectivity index (χ0n) is 27.7. The number of hydrogen-bond donors (Lipinski definition) is 5. The molecule has 5 aliphatic carbocycles. The second-order valence-corrected chi connectivity index (χ2v) is 18.3. The van der Waals surface area contributed by atoms with Crippen LogP contribution in [0.3, 0.4) is 0 Å². The highest BCUT2D eigenvalue weighted by molar-refractivity contribution is 5.32. The van der Waals surface area contributed by atoms with E-state index in [4.69, 9.17) is 18.9 Å². The highest BCUT2D eigenvalue weighted by atomic mass is 16.7. The molecule has 0 aromatic carbocycles. The van der Waals surface area contributed by atoms with Crippen LogP contribution >= 0.6 is 0 Å². The largest absolute Gasteiger partial charge is 0.388 e. The van der Waals surface area contributed by atoms with Gasteiger partial charge >= 0.3 is 0 Å². The Balaban J connectivity index is 1.06. The number of fused-ring (bicyclic) bond motifs is 5. The molecule has 9 nitrogen and oxygen atoms in total. The lowest BCUT2D eigenvalue weighted by molar-refractivity contribution is -0.327. The van der Waals surface area contributed by atoms with E-state index in [1.165, 1.54) is 12.8 Å². The second-order valence-electron chi connectivity index (χ2n) is 18.3. The highest BCUT2D eigenvalue weighted by Gasteiger charge is 2.84. The summed E-state index contributed by atoms with van der Waals surface area (Å²) in [5, 5.41) is 53.7. The molecule has 3 saturated heterocycles. The lowest BCUT2D eigenvalue weighted by Gasteiger charge is -2.63. The third-order valence-corrected chi connectivity index (χ3v) is 16.1. The van der Waals surface area contributed by atoms with Crippen molar-refractivity contribution in [2.45, 2.75) is 160 Å². The number of hydrogen-bond acceptors (Lipinski definition) is 9. The van der Waals surface area contributed by atoms with Gasteiger partial charge in [-0.05, 0) is 116 Å². The van der Waals surface area contributed by atoms with Crippen molar-refractivity contribution in [1.29, 1.82) is 0 Å². The zero-order chi connectivity index (χ0) is 31.6. The van der Waals surface area contributed by atoms with E-state index in [1.54, 1.807) is 0 Å². The van der Waals surface area contributed by atoms with Gasteiger partial charge in [0.2, 0.25) is 5.79 Å². The zero-order valence-corrected chi connectivity index (χ0v) is 27.7. The van der Waals surface area contributed by atoms with Gasteiger partial charge in [-0.2, -0.15) is 0 Å². The molecule has 5 N–H and O–H groups in total. The smallest absolute Gasteiger partial charge is 0.222 e. The van der Waals surface area contributed by atoms with Crippen LogP contribution in [0.1, 0.15) is 99.8 Å². The topological polar surface area (TPSA) is 138 Å². The Morgan fingerprint density at radius 2 is 1.45 bits per heavy atom. The van der Waals surface area contributed by atoms with Crippen LogP contribution in [0.2, 0.25) is 0 Å². The molecule has 8 fully saturated rings. The fraction of sp³-hybridized carbons (Fsp3) is 1.00. The summed E-state index contributed by atoms with van der Waals surface area (Å²) in [6.07, 6.45) is 2.41. The van der Waals surface area contributed by atoms with Gasteiger partial charge in [0.05, 0.1) is 24.4 Å². The first-order valence-corrected chi connectivity index (χ1v) is 17.5. The van der Waals surface area contributed by atoms with Crippen LogP contribution in [0.15, 0.2) is 0 Å². The van der Waals surface area contributed by atoms with Gasteiger partial charge in [-0.25, -0.2) is 0 Å². The summed E-state index contributed by atoms with van der Waals surface area (Å²) in [5.74, 6) is -0.258. The van der Waals surface area contributed by atoms with E-state index in [2.05, 4.69) is 34.6 Å². The van der Waals surface area contributed by atoms with Crippen molar-refractivity contribution in [3.05, 3.63) is 0 Å². The first-order valence-electron chi connectivity index (χ1n) is 17.5. The minimum Gasteiger partial charge on any atom is -0.388 e. The standard InChI is InChI=1S/C35H56O9/c1-17-23-19(43-35(40)26(17)44-30(4,5)28(35)39)14-32(7)21-9-8-20-29(2,3)22(42-27-25(38)24(37)18(36)15-41-27)10-11-33(20)16-34(21,33)13-12-31(23,32)6/h17-28,36-40H,8-16H2,1-7H3/t17-,18+,19-,20?,21?,22-,23?,24-,25-,26?,27-,28+,31+,32-,33+,34-,35-/m0/s1. The fourth-order valence-corrected chi connectivity index (χ4v) is 13.9. The summed E-state index contributed by atoms with van der Waals surface area (Å²) in [5.41, 5.74) is -0.280. The fourth-order valence-electron chi connectivity index (χ4n) is 13.9. The lowest BCUT2D eigenvalue weighted by Crippen LogP contribution is -2.63. The van der Waals surface area contributed by atoms with E-state index in [1.807, 2.05) is 13.8 Å². The van der Waals surface area contributed by atoms with Gasteiger partial charge in [0, 0.05) is 0 Å². The van der Waals surface area contributed by atoms with E-state index in [0.29, 0.717) is 17.3 Å². The van der Waals surface area contributed by atoms with Crippen molar-refractivity contribution in [2.24, 2.45) is 50.7 Å². The molecule has 2 spiro atoms. The van der Waals surface area contributed by atoms with Crippen molar-refractivity contribution in [3.63, 3.8) is 0 Å². The van der Waals surface area contributed by atoms with Crippen LogP contribution in [-0.4, -0.2) is 92.5 Å². The predicted octanol–water partition coefficient (Wildman–Crippen LogP) is 3.12. The quantitative estimate of drug-likeness (QED) is 0.295. The molecule has 0 aromatic rings. The van der Waals surface area contributed by atoms with Gasteiger partial charge < -0.3 is 44.5 Å². The average Bonchev–Trinajstić information content (AvgIpc) is 3.49. The molecule has 4 unspecified atom stereocenters. The molecule has 0 bridgehead atoms. The third kappa shape index (κ3) is 3.43. The summed E-state index contributed by atoms with van der Waals surface area (Å²) in [4.78, 5) is 0. The van der Waals surface area contributed by atoms with E-state index < -0.39 is 48.2 Å². The molecule has 5 saturated carbocycles. The molecule has 17 atom stereocenters. The second kappa shape index (κ2) is 9.00.